The van der Waals surface area contributed by atoms with Gasteiger partial charge in [-0.25, -0.2) is 8.42 Å². The zero-order valence-electron chi connectivity index (χ0n) is 10.7. The summed E-state index contributed by atoms with van der Waals surface area (Å²) < 4.78 is 24.9. The van der Waals surface area contributed by atoms with Crippen LogP contribution in [0, 0.1) is 11.8 Å². The number of rotatable bonds is 3. The van der Waals surface area contributed by atoms with E-state index in [2.05, 4.69) is 11.8 Å². The Morgan fingerprint density at radius 1 is 1.26 bits per heavy atom. The number of benzene rings is 1. The molecule has 1 aromatic carbocycles. The van der Waals surface area contributed by atoms with Gasteiger partial charge in [0.25, 0.3) is 0 Å². The van der Waals surface area contributed by atoms with Crippen molar-refractivity contribution in [3.8, 4) is 11.8 Å². The van der Waals surface area contributed by atoms with Gasteiger partial charge in [-0.2, -0.15) is 4.31 Å². The van der Waals surface area contributed by atoms with Crippen molar-refractivity contribution in [3.05, 3.63) is 35.4 Å². The molecule has 2 rings (SSSR count). The van der Waals surface area contributed by atoms with E-state index in [0.29, 0.717) is 25.9 Å². The maximum Gasteiger partial charge on any atom is 0.214 e. The van der Waals surface area contributed by atoms with Gasteiger partial charge in [0.2, 0.25) is 10.0 Å². The van der Waals surface area contributed by atoms with Crippen molar-refractivity contribution in [2.45, 2.75) is 19.4 Å². The number of nitrogens with zero attached hydrogens (tertiary/aromatic N) is 1. The van der Waals surface area contributed by atoms with Crippen LogP contribution in [0.5, 0.6) is 0 Å². The second-order valence-corrected chi connectivity index (χ2v) is 6.56. The first-order chi connectivity index (χ1) is 9.12. The van der Waals surface area contributed by atoms with Crippen molar-refractivity contribution < 1.29 is 13.5 Å². The molecule has 0 radical (unpaired) electrons. The molecule has 102 valence electrons. The summed E-state index contributed by atoms with van der Waals surface area (Å²) in [6, 6.07) is 7.55. The SMILES string of the molecule is O=S1(=O)CCCN1Cc1ccc(C#CCCO)cc1. The second-order valence-electron chi connectivity index (χ2n) is 4.48. The highest BCUT2D eigenvalue weighted by Crippen LogP contribution is 2.17. The molecule has 0 spiro atoms. The Morgan fingerprint density at radius 2 is 2.00 bits per heavy atom. The van der Waals surface area contributed by atoms with Gasteiger partial charge in [0.15, 0.2) is 0 Å². The summed E-state index contributed by atoms with van der Waals surface area (Å²) in [5, 5.41) is 8.63. The van der Waals surface area contributed by atoms with Crippen molar-refractivity contribution in [1.29, 1.82) is 0 Å². The van der Waals surface area contributed by atoms with Crippen LogP contribution in [0.2, 0.25) is 0 Å². The zero-order chi connectivity index (χ0) is 13.7. The highest BCUT2D eigenvalue weighted by molar-refractivity contribution is 7.89. The molecule has 1 aliphatic heterocycles. The van der Waals surface area contributed by atoms with Gasteiger partial charge in [-0.1, -0.05) is 24.0 Å². The molecule has 0 bridgehead atoms. The summed E-state index contributed by atoms with van der Waals surface area (Å²) in [5.74, 6) is 6.05. The molecule has 0 aromatic heterocycles. The third kappa shape index (κ3) is 3.80. The van der Waals surface area contributed by atoms with Gasteiger partial charge < -0.3 is 5.11 Å². The molecule has 0 unspecified atom stereocenters. The molecule has 19 heavy (non-hydrogen) atoms. The van der Waals surface area contributed by atoms with Gasteiger partial charge in [0, 0.05) is 25.1 Å². The van der Waals surface area contributed by atoms with Gasteiger partial charge in [0.1, 0.15) is 0 Å². The van der Waals surface area contributed by atoms with Crippen LogP contribution in [0.1, 0.15) is 24.0 Å². The van der Waals surface area contributed by atoms with Crippen molar-refractivity contribution in [2.24, 2.45) is 0 Å². The molecule has 0 atom stereocenters. The normalized spacial score (nSPS) is 17.9. The van der Waals surface area contributed by atoms with Crippen LogP contribution in [0.4, 0.5) is 0 Å². The second kappa shape index (κ2) is 6.20. The van der Waals surface area contributed by atoms with Crippen LogP contribution in [0.15, 0.2) is 24.3 Å². The standard InChI is InChI=1S/C14H17NO3S/c16-10-2-1-4-13-5-7-14(8-6-13)12-15-9-3-11-19(15,17)18/h5-8,16H,2-3,9-12H2. The molecule has 1 aliphatic rings. The number of hydrogen-bond acceptors (Lipinski definition) is 3. The van der Waals surface area contributed by atoms with E-state index in [-0.39, 0.29) is 12.4 Å². The van der Waals surface area contributed by atoms with Gasteiger partial charge in [0.05, 0.1) is 12.4 Å². The van der Waals surface area contributed by atoms with Crippen molar-refractivity contribution in [1.82, 2.24) is 4.31 Å². The smallest absolute Gasteiger partial charge is 0.214 e. The number of aliphatic hydroxyl groups excluding tert-OH is 1. The predicted molar refractivity (Wildman–Crippen MR) is 73.8 cm³/mol. The molecule has 1 aromatic rings. The van der Waals surface area contributed by atoms with Crippen LogP contribution in [-0.2, 0) is 16.6 Å². The number of sulfonamides is 1. The fraction of sp³-hybridized carbons (Fsp3) is 0.429. The number of aliphatic hydroxyl groups is 1. The van der Waals surface area contributed by atoms with Crippen LogP contribution in [-0.4, -0.2) is 36.7 Å². The van der Waals surface area contributed by atoms with Crippen molar-refractivity contribution >= 4 is 10.0 Å². The Morgan fingerprint density at radius 3 is 2.58 bits per heavy atom. The monoisotopic (exact) mass is 279 g/mol. The molecule has 0 amide bonds. The van der Waals surface area contributed by atoms with Crippen LogP contribution >= 0.6 is 0 Å². The van der Waals surface area contributed by atoms with E-state index in [1.807, 2.05) is 24.3 Å². The summed E-state index contributed by atoms with van der Waals surface area (Å²) in [7, 11) is -3.04. The maximum absolute atomic E-state index is 11.7. The Kier molecular flexibility index (Phi) is 4.59. The van der Waals surface area contributed by atoms with E-state index in [9.17, 15) is 8.42 Å². The van der Waals surface area contributed by atoms with E-state index >= 15 is 0 Å². The third-order valence-corrected chi connectivity index (χ3v) is 4.89. The number of hydrogen-bond donors (Lipinski definition) is 1. The first kappa shape index (κ1) is 14.1. The van der Waals surface area contributed by atoms with Gasteiger partial charge in [-0.05, 0) is 24.1 Å². The lowest BCUT2D eigenvalue weighted by atomic mass is 10.1. The third-order valence-electron chi connectivity index (χ3n) is 2.99. The molecule has 4 nitrogen and oxygen atoms in total. The Bertz CT molecular complexity index is 581. The van der Waals surface area contributed by atoms with Crippen LogP contribution < -0.4 is 0 Å². The minimum atomic E-state index is -3.04. The Hall–Kier alpha value is -1.35. The fourth-order valence-corrected chi connectivity index (χ4v) is 3.49. The van der Waals surface area contributed by atoms with E-state index < -0.39 is 10.0 Å². The summed E-state index contributed by atoms with van der Waals surface area (Å²) >= 11 is 0. The minimum absolute atomic E-state index is 0.0674. The lowest BCUT2D eigenvalue weighted by molar-refractivity contribution is 0.305. The molecule has 5 heteroatoms. The highest BCUT2D eigenvalue weighted by Gasteiger charge is 2.27. The Labute approximate surface area is 114 Å². The minimum Gasteiger partial charge on any atom is -0.395 e. The topological polar surface area (TPSA) is 57.6 Å². The average molecular weight is 279 g/mol. The predicted octanol–water partition coefficient (Wildman–Crippen LogP) is 0.956. The summed E-state index contributed by atoms with van der Waals surface area (Å²) in [5.41, 5.74) is 1.85. The van der Waals surface area contributed by atoms with E-state index in [0.717, 1.165) is 11.1 Å². The average Bonchev–Trinajstić information content (AvgIpc) is 2.71. The Balaban J connectivity index is 2.02. The quantitative estimate of drug-likeness (QED) is 0.838. The zero-order valence-corrected chi connectivity index (χ0v) is 11.5. The van der Waals surface area contributed by atoms with Gasteiger partial charge in [-0.15, -0.1) is 0 Å². The molecule has 0 saturated carbocycles. The fourth-order valence-electron chi connectivity index (χ4n) is 1.99. The first-order valence-electron chi connectivity index (χ1n) is 6.28. The molecule has 1 heterocycles. The molecule has 1 saturated heterocycles. The van der Waals surface area contributed by atoms with Gasteiger partial charge in [-0.3, -0.25) is 0 Å². The molecule has 1 N–H and O–H groups in total. The van der Waals surface area contributed by atoms with E-state index in [4.69, 9.17) is 5.11 Å². The summed E-state index contributed by atoms with van der Waals surface area (Å²) in [6.07, 6.45) is 1.18. The molecular weight excluding hydrogens is 262 g/mol. The summed E-state index contributed by atoms with van der Waals surface area (Å²) in [4.78, 5) is 0. The highest BCUT2D eigenvalue weighted by atomic mass is 32.2. The molecule has 1 fully saturated rings. The largest absolute Gasteiger partial charge is 0.395 e. The lowest BCUT2D eigenvalue weighted by Crippen LogP contribution is -2.25. The van der Waals surface area contributed by atoms with Crippen molar-refractivity contribution in [3.63, 3.8) is 0 Å². The van der Waals surface area contributed by atoms with Crippen molar-refractivity contribution in [2.75, 3.05) is 18.9 Å². The van der Waals surface area contributed by atoms with Gasteiger partial charge >= 0.3 is 0 Å². The van der Waals surface area contributed by atoms with Crippen LogP contribution in [0.25, 0.3) is 0 Å². The lowest BCUT2D eigenvalue weighted by Gasteiger charge is -2.13. The van der Waals surface area contributed by atoms with E-state index in [1.165, 1.54) is 4.31 Å². The maximum atomic E-state index is 11.7. The molecule has 0 aliphatic carbocycles. The van der Waals surface area contributed by atoms with E-state index in [1.54, 1.807) is 0 Å². The van der Waals surface area contributed by atoms with Crippen LogP contribution in [0.3, 0.4) is 0 Å². The summed E-state index contributed by atoms with van der Waals surface area (Å²) in [6.45, 7) is 1.12. The first-order valence-corrected chi connectivity index (χ1v) is 7.89. The molecular formula is C14H17NO3S.